The van der Waals surface area contributed by atoms with Crippen molar-refractivity contribution in [3.05, 3.63) is 54.4 Å². The molecule has 0 bridgehead atoms. The molecular formula is C19H22F2N4O3S. The molecule has 10 heteroatoms. The Labute approximate surface area is 168 Å². The van der Waals surface area contributed by atoms with Crippen molar-refractivity contribution >= 4 is 21.4 Å². The highest BCUT2D eigenvalue weighted by molar-refractivity contribution is 7.91. The number of anilines is 1. The van der Waals surface area contributed by atoms with Crippen molar-refractivity contribution in [2.75, 3.05) is 38.0 Å². The van der Waals surface area contributed by atoms with E-state index in [0.29, 0.717) is 13.1 Å². The van der Waals surface area contributed by atoms with Gasteiger partial charge in [-0.3, -0.25) is 19.6 Å². The van der Waals surface area contributed by atoms with Crippen LogP contribution in [-0.4, -0.2) is 67.6 Å². The minimum atomic E-state index is -4.80. The molecule has 2 aromatic rings. The number of aromatic nitrogens is 1. The topological polar surface area (TPSA) is 82.6 Å². The molecule has 3 rings (SSSR count). The summed E-state index contributed by atoms with van der Waals surface area (Å²) >= 11 is 0. The number of rotatable bonds is 7. The molecule has 0 aliphatic carbocycles. The second-order valence-electron chi connectivity index (χ2n) is 6.72. The highest BCUT2D eigenvalue weighted by Gasteiger charge is 2.29. The van der Waals surface area contributed by atoms with Gasteiger partial charge in [-0.25, -0.2) is 8.42 Å². The van der Waals surface area contributed by atoms with E-state index in [-0.39, 0.29) is 12.2 Å². The van der Waals surface area contributed by atoms with E-state index in [0.717, 1.165) is 31.4 Å². The Morgan fingerprint density at radius 3 is 2.34 bits per heavy atom. The van der Waals surface area contributed by atoms with Gasteiger partial charge >= 0.3 is 5.76 Å². The van der Waals surface area contributed by atoms with Crippen LogP contribution in [0.1, 0.15) is 5.69 Å². The van der Waals surface area contributed by atoms with Crippen molar-refractivity contribution < 1.29 is 22.0 Å². The fourth-order valence-corrected chi connectivity index (χ4v) is 4.02. The van der Waals surface area contributed by atoms with Crippen LogP contribution in [0.25, 0.3) is 0 Å². The van der Waals surface area contributed by atoms with E-state index in [2.05, 4.69) is 15.2 Å². The van der Waals surface area contributed by atoms with Gasteiger partial charge in [0.1, 0.15) is 0 Å². The molecule has 0 saturated carbocycles. The third kappa shape index (κ3) is 5.55. The quantitative estimate of drug-likeness (QED) is 0.730. The summed E-state index contributed by atoms with van der Waals surface area (Å²) in [7, 11) is -4.80. The van der Waals surface area contributed by atoms with Gasteiger partial charge in [0.25, 0.3) is 0 Å². The maximum absolute atomic E-state index is 12.9. The summed E-state index contributed by atoms with van der Waals surface area (Å²) in [4.78, 5) is 20.2. The zero-order valence-electron chi connectivity index (χ0n) is 15.7. The number of nitrogens with one attached hydrogen (secondary N) is 1. The number of pyridine rings is 1. The summed E-state index contributed by atoms with van der Waals surface area (Å²) in [6.45, 7) is 3.65. The number of alkyl halides is 2. The zero-order chi connectivity index (χ0) is 20.9. The molecule has 1 amide bonds. The van der Waals surface area contributed by atoms with Crippen LogP contribution < -0.4 is 5.32 Å². The van der Waals surface area contributed by atoms with Gasteiger partial charge in [-0.15, -0.1) is 0 Å². The smallest absolute Gasteiger partial charge is 0.324 e. The van der Waals surface area contributed by atoms with Gasteiger partial charge in [-0.1, -0.05) is 18.2 Å². The number of sulfone groups is 1. The van der Waals surface area contributed by atoms with Crippen molar-refractivity contribution in [3.8, 4) is 0 Å². The van der Waals surface area contributed by atoms with E-state index in [1.807, 2.05) is 23.1 Å². The first-order chi connectivity index (χ1) is 13.9. The molecule has 0 radical (unpaired) electrons. The van der Waals surface area contributed by atoms with Crippen LogP contribution in [0.4, 0.5) is 14.5 Å². The van der Waals surface area contributed by atoms with Gasteiger partial charge in [0.2, 0.25) is 15.7 Å². The molecule has 1 saturated heterocycles. The average molecular weight is 424 g/mol. The first kappa shape index (κ1) is 21.3. The minimum absolute atomic E-state index is 0.0560. The molecule has 0 atom stereocenters. The molecule has 0 unspecified atom stereocenters. The molecule has 1 aromatic heterocycles. The fraction of sp³-hybridized carbons (Fsp3) is 0.368. The molecule has 1 aliphatic rings. The fourth-order valence-electron chi connectivity index (χ4n) is 3.13. The third-order valence-electron chi connectivity index (χ3n) is 4.65. The van der Waals surface area contributed by atoms with Gasteiger partial charge in [0.05, 0.1) is 22.8 Å². The maximum atomic E-state index is 12.9. The van der Waals surface area contributed by atoms with Crippen molar-refractivity contribution in [1.82, 2.24) is 14.8 Å². The number of amides is 1. The predicted molar refractivity (Wildman–Crippen MR) is 104 cm³/mol. The summed E-state index contributed by atoms with van der Waals surface area (Å²) in [6, 6.07) is 11.0. The number of nitrogens with zero attached hydrogens (tertiary/aromatic N) is 3. The molecule has 1 N–H and O–H groups in total. The first-order valence-corrected chi connectivity index (χ1v) is 10.7. The molecule has 2 heterocycles. The van der Waals surface area contributed by atoms with E-state index >= 15 is 0 Å². The van der Waals surface area contributed by atoms with Crippen LogP contribution in [-0.2, 0) is 21.2 Å². The van der Waals surface area contributed by atoms with Gasteiger partial charge in [0.15, 0.2) is 0 Å². The number of hydrogen-bond donors (Lipinski definition) is 1. The molecular weight excluding hydrogens is 402 g/mol. The molecule has 7 nitrogen and oxygen atoms in total. The maximum Gasteiger partial charge on any atom is 0.341 e. The lowest BCUT2D eigenvalue weighted by atomic mass is 10.2. The summed E-state index contributed by atoms with van der Waals surface area (Å²) in [5.74, 6) is -3.99. The van der Waals surface area contributed by atoms with Crippen molar-refractivity contribution in [2.45, 2.75) is 17.2 Å². The van der Waals surface area contributed by atoms with Crippen LogP contribution in [0.3, 0.4) is 0 Å². The summed E-state index contributed by atoms with van der Waals surface area (Å²) < 4.78 is 49.3. The zero-order valence-corrected chi connectivity index (χ0v) is 16.5. The molecule has 1 aromatic carbocycles. The lowest BCUT2D eigenvalue weighted by Gasteiger charge is -2.34. The lowest BCUT2D eigenvalue weighted by Crippen LogP contribution is -2.48. The predicted octanol–water partition coefficient (Wildman–Crippen LogP) is 1.83. The van der Waals surface area contributed by atoms with E-state index in [9.17, 15) is 22.0 Å². The highest BCUT2D eigenvalue weighted by Crippen LogP contribution is 2.26. The Morgan fingerprint density at radius 2 is 1.69 bits per heavy atom. The third-order valence-corrected chi connectivity index (χ3v) is 6.08. The lowest BCUT2D eigenvalue weighted by molar-refractivity contribution is -0.117. The monoisotopic (exact) mass is 424 g/mol. The summed E-state index contributed by atoms with van der Waals surface area (Å²) in [5.41, 5.74) is 0.849. The van der Waals surface area contributed by atoms with Crippen LogP contribution in [0, 0.1) is 0 Å². The number of carbonyl (C=O) groups excluding carboxylic acids is 1. The second-order valence-corrected chi connectivity index (χ2v) is 8.61. The van der Waals surface area contributed by atoms with E-state index < -0.39 is 26.4 Å². The highest BCUT2D eigenvalue weighted by atomic mass is 32.2. The minimum Gasteiger partial charge on any atom is -0.324 e. The molecule has 1 aliphatic heterocycles. The molecule has 29 heavy (non-hydrogen) atoms. The van der Waals surface area contributed by atoms with Crippen molar-refractivity contribution in [2.24, 2.45) is 0 Å². The van der Waals surface area contributed by atoms with E-state index in [4.69, 9.17) is 0 Å². The van der Waals surface area contributed by atoms with Gasteiger partial charge in [-0.05, 0) is 24.3 Å². The Hall–Kier alpha value is -2.43. The molecule has 156 valence electrons. The summed E-state index contributed by atoms with van der Waals surface area (Å²) in [5, 5.41) is 2.45. The number of hydrogen-bond acceptors (Lipinski definition) is 6. The van der Waals surface area contributed by atoms with Crippen LogP contribution in [0.5, 0.6) is 0 Å². The first-order valence-electron chi connectivity index (χ1n) is 9.12. The largest absolute Gasteiger partial charge is 0.341 e. The van der Waals surface area contributed by atoms with Gasteiger partial charge in [0, 0.05) is 38.9 Å². The Bertz CT molecular complexity index is 933. The number of halogens is 2. The van der Waals surface area contributed by atoms with Crippen molar-refractivity contribution in [3.63, 3.8) is 0 Å². The van der Waals surface area contributed by atoms with Crippen molar-refractivity contribution in [1.29, 1.82) is 0 Å². The molecule has 0 spiro atoms. The molecule has 1 fully saturated rings. The van der Waals surface area contributed by atoms with Crippen LogP contribution in [0.2, 0.25) is 0 Å². The number of para-hydroxylation sites is 1. The average Bonchev–Trinajstić information content (AvgIpc) is 2.70. The normalized spacial score (nSPS) is 16.1. The standard InChI is InChI=1S/C19H22F2N4O3S/c20-19(21)29(27,28)17-7-2-1-6-16(17)23-18(26)14-25-11-9-24(10-12-25)13-15-5-3-4-8-22-15/h1-8,19H,9-14H2,(H,23,26). The Morgan fingerprint density at radius 1 is 1.03 bits per heavy atom. The van der Waals surface area contributed by atoms with E-state index in [1.54, 1.807) is 6.20 Å². The number of carbonyl (C=O) groups is 1. The Kier molecular flexibility index (Phi) is 6.88. The van der Waals surface area contributed by atoms with Gasteiger partial charge < -0.3 is 5.32 Å². The number of benzene rings is 1. The Balaban J connectivity index is 1.54. The SMILES string of the molecule is O=C(CN1CCN(Cc2ccccn2)CC1)Nc1ccccc1S(=O)(=O)C(F)F. The number of piperazine rings is 1. The summed E-state index contributed by atoms with van der Waals surface area (Å²) in [6.07, 6.45) is 1.75. The van der Waals surface area contributed by atoms with Crippen LogP contribution >= 0.6 is 0 Å². The van der Waals surface area contributed by atoms with Crippen LogP contribution in [0.15, 0.2) is 53.6 Å². The van der Waals surface area contributed by atoms with E-state index in [1.165, 1.54) is 18.2 Å². The second kappa shape index (κ2) is 9.38. The van der Waals surface area contributed by atoms with Gasteiger partial charge in [-0.2, -0.15) is 8.78 Å².